The van der Waals surface area contributed by atoms with Gasteiger partial charge in [-0.25, -0.2) is 9.67 Å². The Bertz CT molecular complexity index is 1230. The van der Waals surface area contributed by atoms with E-state index in [0.717, 1.165) is 66.8 Å². The van der Waals surface area contributed by atoms with E-state index in [2.05, 4.69) is 4.98 Å². The Kier molecular flexibility index (Phi) is 5.45. The number of hydrogen-bond donors (Lipinski definition) is 1. The summed E-state index contributed by atoms with van der Waals surface area (Å²) < 4.78 is 19.2. The molecule has 0 aromatic carbocycles. The Morgan fingerprint density at radius 1 is 1.18 bits per heavy atom. The molecule has 6 rings (SSSR count). The van der Waals surface area contributed by atoms with Gasteiger partial charge < -0.3 is 19.9 Å². The van der Waals surface area contributed by atoms with Crippen molar-refractivity contribution in [2.24, 2.45) is 5.73 Å². The van der Waals surface area contributed by atoms with Gasteiger partial charge in [0.25, 0.3) is 0 Å². The first-order valence-electron chi connectivity index (χ1n) is 12.0. The lowest BCUT2D eigenvalue weighted by molar-refractivity contribution is -0.117. The van der Waals surface area contributed by atoms with Crippen LogP contribution >= 0.6 is 0 Å². The predicted octanol–water partition coefficient (Wildman–Crippen LogP) is 2.78. The maximum absolute atomic E-state index is 11.5. The number of nitrogens with two attached hydrogens (primary N) is 1. The van der Waals surface area contributed by atoms with E-state index in [4.69, 9.17) is 30.0 Å². The van der Waals surface area contributed by atoms with Gasteiger partial charge in [0.2, 0.25) is 5.91 Å². The summed E-state index contributed by atoms with van der Waals surface area (Å²) in [7, 11) is 1.74. The largest absolute Gasteiger partial charge is 0.490 e. The quantitative estimate of drug-likeness (QED) is 0.546. The molecule has 1 atom stereocenters. The summed E-state index contributed by atoms with van der Waals surface area (Å²) in [6.07, 6.45) is 7.25. The second-order valence-corrected chi connectivity index (χ2v) is 9.62. The number of carbonyl (C=O) groups excluding carboxylic acids is 1. The van der Waals surface area contributed by atoms with E-state index in [1.54, 1.807) is 7.11 Å². The molecule has 2 saturated carbocycles. The normalized spacial score (nSPS) is 24.3. The number of rotatable bonds is 8. The molecule has 3 fully saturated rings. The fourth-order valence-electron chi connectivity index (χ4n) is 4.85. The average molecular weight is 464 g/mol. The molecule has 4 heterocycles. The van der Waals surface area contributed by atoms with Gasteiger partial charge in [-0.05, 0) is 25.3 Å². The molecule has 34 heavy (non-hydrogen) atoms. The highest BCUT2D eigenvalue weighted by atomic mass is 16.5. The van der Waals surface area contributed by atoms with Gasteiger partial charge in [-0.1, -0.05) is 0 Å². The van der Waals surface area contributed by atoms with Crippen molar-refractivity contribution in [3.63, 3.8) is 0 Å². The Labute approximate surface area is 197 Å². The van der Waals surface area contributed by atoms with Crippen molar-refractivity contribution < 1.29 is 19.0 Å². The summed E-state index contributed by atoms with van der Waals surface area (Å²) in [5, 5.41) is 5.98. The van der Waals surface area contributed by atoms with Gasteiger partial charge in [0.05, 0.1) is 41.7 Å². The molecule has 178 valence electrons. The lowest BCUT2D eigenvalue weighted by Gasteiger charge is -2.34. The Morgan fingerprint density at radius 2 is 2.03 bits per heavy atom. The lowest BCUT2D eigenvalue weighted by Crippen LogP contribution is -2.38. The number of ether oxygens (including phenoxy) is 3. The van der Waals surface area contributed by atoms with E-state index in [9.17, 15) is 4.79 Å². The molecule has 2 N–H and O–H groups in total. The van der Waals surface area contributed by atoms with E-state index < -0.39 is 5.91 Å². The van der Waals surface area contributed by atoms with E-state index >= 15 is 0 Å². The molecule has 1 saturated heterocycles. The van der Waals surface area contributed by atoms with Gasteiger partial charge in [0.15, 0.2) is 5.82 Å². The Balaban J connectivity index is 1.43. The number of primary amides is 1. The zero-order valence-electron chi connectivity index (χ0n) is 19.3. The van der Waals surface area contributed by atoms with Gasteiger partial charge in [-0.3, -0.25) is 9.78 Å². The summed E-state index contributed by atoms with van der Waals surface area (Å²) in [6, 6.07) is 5.90. The number of pyridine rings is 2. The molecule has 1 unspecified atom stereocenters. The number of methoxy groups -OCH3 is 1. The van der Waals surface area contributed by atoms with E-state index in [-0.39, 0.29) is 24.5 Å². The fourth-order valence-corrected chi connectivity index (χ4v) is 4.85. The smallest absolute Gasteiger partial charge is 0.223 e. The van der Waals surface area contributed by atoms with Gasteiger partial charge in [-0.15, -0.1) is 0 Å². The number of carbonyl (C=O) groups is 1. The van der Waals surface area contributed by atoms with E-state index in [0.29, 0.717) is 24.0 Å². The molecule has 0 radical (unpaired) electrons. The minimum Gasteiger partial charge on any atom is -0.490 e. The first-order chi connectivity index (χ1) is 16.6. The third-order valence-electron chi connectivity index (χ3n) is 7.03. The molecule has 1 aliphatic heterocycles. The predicted molar refractivity (Wildman–Crippen MR) is 124 cm³/mol. The molecule has 0 spiro atoms. The lowest BCUT2D eigenvalue weighted by atomic mass is 9.92. The van der Waals surface area contributed by atoms with Crippen molar-refractivity contribution in [3.8, 4) is 11.6 Å². The molecule has 1 amide bonds. The highest BCUT2D eigenvalue weighted by Gasteiger charge is 2.32. The maximum atomic E-state index is 11.5. The minimum absolute atomic E-state index is 0.0868. The summed E-state index contributed by atoms with van der Waals surface area (Å²) in [5.74, 6) is 1.75. The fraction of sp³-hybridized carbons (Fsp3) is 0.520. The van der Waals surface area contributed by atoms with Crippen molar-refractivity contribution in [3.05, 3.63) is 41.5 Å². The highest BCUT2D eigenvalue weighted by molar-refractivity contribution is 5.85. The molecule has 9 heteroatoms. The van der Waals surface area contributed by atoms with Crippen LogP contribution in [0.2, 0.25) is 0 Å². The van der Waals surface area contributed by atoms with E-state index in [1.807, 2.05) is 29.1 Å². The van der Waals surface area contributed by atoms with Crippen LogP contribution in [0.4, 0.5) is 0 Å². The molecule has 0 bridgehead atoms. The van der Waals surface area contributed by atoms with Crippen LogP contribution in [0.25, 0.3) is 16.7 Å². The van der Waals surface area contributed by atoms with Crippen LogP contribution in [0.5, 0.6) is 5.75 Å². The van der Waals surface area contributed by atoms with Crippen molar-refractivity contribution in [1.29, 1.82) is 0 Å². The molecule has 9 nitrogen and oxygen atoms in total. The molecule has 3 aromatic heterocycles. The summed E-state index contributed by atoms with van der Waals surface area (Å²) >= 11 is 0. The van der Waals surface area contributed by atoms with Crippen LogP contribution in [-0.2, 0) is 20.7 Å². The third-order valence-corrected chi connectivity index (χ3v) is 7.03. The van der Waals surface area contributed by atoms with Crippen LogP contribution in [0, 0.1) is 0 Å². The number of aromatic nitrogens is 4. The number of hydrogen-bond acceptors (Lipinski definition) is 7. The SMILES string of the molecule is COC1CC(Oc2cc(C3CCOC3)nc(-n3nc(C4CC4)c4cnc(CC(N)=O)cc43)c2)C1. The molecule has 2 aliphatic carbocycles. The third kappa shape index (κ3) is 4.14. The minimum atomic E-state index is -0.410. The van der Waals surface area contributed by atoms with Crippen molar-refractivity contribution >= 4 is 16.8 Å². The van der Waals surface area contributed by atoms with Crippen molar-refractivity contribution in [2.45, 2.75) is 62.6 Å². The zero-order chi connectivity index (χ0) is 23.2. The molecular formula is C25H29N5O4. The standard InChI is InChI=1S/C25H29N5O4/c1-32-17-8-18(9-17)34-19-10-21(15-4-5-33-13-15)28-24(11-19)30-22-6-16(7-23(26)31)27-12-20(22)25(29-30)14-2-3-14/h6,10-12,14-15,17-18H,2-5,7-9,13H2,1H3,(H2,26,31). The second-order valence-electron chi connectivity index (χ2n) is 9.62. The first kappa shape index (κ1) is 21.5. The summed E-state index contributed by atoms with van der Waals surface area (Å²) in [5.41, 5.74) is 8.92. The zero-order valence-corrected chi connectivity index (χ0v) is 19.3. The number of nitrogens with zero attached hydrogens (tertiary/aromatic N) is 4. The Morgan fingerprint density at radius 3 is 2.74 bits per heavy atom. The van der Waals surface area contributed by atoms with Crippen LogP contribution in [0.3, 0.4) is 0 Å². The van der Waals surface area contributed by atoms with E-state index in [1.165, 1.54) is 0 Å². The molecular weight excluding hydrogens is 434 g/mol. The van der Waals surface area contributed by atoms with Gasteiger partial charge in [-0.2, -0.15) is 5.10 Å². The topological polar surface area (TPSA) is 114 Å². The van der Waals surface area contributed by atoms with Gasteiger partial charge in [0.1, 0.15) is 11.9 Å². The van der Waals surface area contributed by atoms with Crippen LogP contribution in [-0.4, -0.2) is 58.2 Å². The highest BCUT2D eigenvalue weighted by Crippen LogP contribution is 2.43. The average Bonchev–Trinajstić information content (AvgIpc) is 3.35. The van der Waals surface area contributed by atoms with Gasteiger partial charge >= 0.3 is 0 Å². The number of fused-ring (bicyclic) bond motifs is 1. The Hall–Kier alpha value is -3.04. The molecule has 3 aliphatic rings. The van der Waals surface area contributed by atoms with Crippen LogP contribution in [0.1, 0.15) is 61.0 Å². The first-order valence-corrected chi connectivity index (χ1v) is 12.0. The van der Waals surface area contributed by atoms with Crippen molar-refractivity contribution in [2.75, 3.05) is 20.3 Å². The maximum Gasteiger partial charge on any atom is 0.223 e. The monoisotopic (exact) mass is 463 g/mol. The number of amides is 1. The van der Waals surface area contributed by atoms with Crippen LogP contribution < -0.4 is 10.5 Å². The van der Waals surface area contributed by atoms with Crippen molar-refractivity contribution in [1.82, 2.24) is 19.7 Å². The van der Waals surface area contributed by atoms with Gasteiger partial charge in [0, 0.05) is 62.1 Å². The molecule has 3 aromatic rings. The summed E-state index contributed by atoms with van der Waals surface area (Å²) in [6.45, 7) is 1.40. The second kappa shape index (κ2) is 8.63. The van der Waals surface area contributed by atoms with Crippen LogP contribution in [0.15, 0.2) is 24.4 Å². The summed E-state index contributed by atoms with van der Waals surface area (Å²) in [4.78, 5) is 21.0.